The molecule has 0 heterocycles. The first-order valence-electron chi connectivity index (χ1n) is 6.18. The van der Waals surface area contributed by atoms with Gasteiger partial charge in [-0.2, -0.15) is 0 Å². The lowest BCUT2D eigenvalue weighted by molar-refractivity contribution is 0.0636. The van der Waals surface area contributed by atoms with Crippen LogP contribution in [0.15, 0.2) is 24.3 Å². The van der Waals surface area contributed by atoms with E-state index in [1.807, 2.05) is 0 Å². The Bertz CT molecular complexity index is 436. The molecule has 0 saturated carbocycles. The minimum atomic E-state index is -2.19. The predicted octanol–water partition coefficient (Wildman–Crippen LogP) is 3.34. The molecule has 1 rings (SSSR count). The van der Waals surface area contributed by atoms with E-state index < -0.39 is 18.5 Å². The lowest BCUT2D eigenvalue weighted by Gasteiger charge is -2.19. The molecule has 0 atom stereocenters. The molecule has 0 saturated heterocycles. The summed E-state index contributed by atoms with van der Waals surface area (Å²) in [5.74, 6) is 0. The third kappa shape index (κ3) is 4.49. The number of carbonyl (C=O) groups excluding carboxylic acids is 1. The largest absolute Gasteiger partial charge is 0.444 e. The molecule has 0 fully saturated rings. The zero-order chi connectivity index (χ0) is 14.0. The summed E-state index contributed by atoms with van der Waals surface area (Å²) in [5.41, 5.74) is -0.0138. The molecular formula is C12H17NO2. The fourth-order valence-electron chi connectivity index (χ4n) is 1.02. The third-order valence-electron chi connectivity index (χ3n) is 1.51. The third-order valence-corrected chi connectivity index (χ3v) is 1.51. The monoisotopic (exact) mass is 210 g/mol. The molecule has 1 N–H and O–H groups in total. The predicted molar refractivity (Wildman–Crippen MR) is 61.0 cm³/mol. The Balaban J connectivity index is 2.77. The van der Waals surface area contributed by atoms with Crippen molar-refractivity contribution < 1.29 is 13.6 Å². The van der Waals surface area contributed by atoms with Crippen molar-refractivity contribution in [1.82, 2.24) is 0 Å². The Morgan fingerprint density at radius 3 is 2.80 bits per heavy atom. The highest BCUT2D eigenvalue weighted by Gasteiger charge is 2.15. The summed E-state index contributed by atoms with van der Waals surface area (Å²) >= 11 is 0. The van der Waals surface area contributed by atoms with Gasteiger partial charge in [0.2, 0.25) is 0 Å². The van der Waals surface area contributed by atoms with Gasteiger partial charge in [0, 0.05) is 9.80 Å². The van der Waals surface area contributed by atoms with Gasteiger partial charge in [0.1, 0.15) is 5.60 Å². The Morgan fingerprint density at radius 1 is 1.47 bits per heavy atom. The molecular weight excluding hydrogens is 190 g/mol. The van der Waals surface area contributed by atoms with Gasteiger partial charge in [-0.15, -0.1) is 0 Å². The topological polar surface area (TPSA) is 38.3 Å². The zero-order valence-electron chi connectivity index (χ0n) is 12.1. The number of aryl methyl sites for hydroxylation is 1. The van der Waals surface area contributed by atoms with Gasteiger partial charge in [-0.1, -0.05) is 12.1 Å². The van der Waals surface area contributed by atoms with Gasteiger partial charge in [-0.05, 0) is 45.3 Å². The normalized spacial score (nSPS) is 14.7. The van der Waals surface area contributed by atoms with E-state index in [9.17, 15) is 4.79 Å². The molecule has 3 nitrogen and oxygen atoms in total. The Hall–Kier alpha value is -1.51. The molecule has 0 aliphatic rings. The van der Waals surface area contributed by atoms with Crippen LogP contribution in [0.5, 0.6) is 0 Å². The summed E-state index contributed by atoms with van der Waals surface area (Å²) in [6.45, 7) is 3.08. The molecule has 0 aromatic heterocycles. The van der Waals surface area contributed by atoms with E-state index in [4.69, 9.17) is 8.85 Å². The van der Waals surface area contributed by atoms with E-state index in [1.54, 1.807) is 32.9 Å². The SMILES string of the molecule is [2H]C([2H])([2H])c1cccc(NC(=O)OC(C)(C)C)c1. The summed E-state index contributed by atoms with van der Waals surface area (Å²) in [6, 6.07) is 6.09. The van der Waals surface area contributed by atoms with Crippen molar-refractivity contribution in [2.75, 3.05) is 5.32 Å². The molecule has 15 heavy (non-hydrogen) atoms. The highest BCUT2D eigenvalue weighted by atomic mass is 16.6. The van der Waals surface area contributed by atoms with Gasteiger partial charge in [0.05, 0.1) is 0 Å². The highest BCUT2D eigenvalue weighted by molar-refractivity contribution is 5.84. The van der Waals surface area contributed by atoms with Crippen LogP contribution in [0.25, 0.3) is 0 Å². The van der Waals surface area contributed by atoms with E-state index in [-0.39, 0.29) is 5.56 Å². The number of nitrogens with one attached hydrogen (secondary N) is 1. The van der Waals surface area contributed by atoms with Gasteiger partial charge in [-0.3, -0.25) is 5.32 Å². The summed E-state index contributed by atoms with van der Waals surface area (Å²) in [6.07, 6.45) is -0.606. The molecule has 1 amide bonds. The standard InChI is InChI=1S/C12H17NO2/c1-9-6-5-7-10(8-9)13-11(14)15-12(2,3)4/h5-8H,1-4H3,(H,13,14)/i1D3. The van der Waals surface area contributed by atoms with Crippen LogP contribution in [0.2, 0.25) is 0 Å². The minimum absolute atomic E-state index is 0.177. The second kappa shape index (κ2) is 4.34. The lowest BCUT2D eigenvalue weighted by Crippen LogP contribution is -2.27. The minimum Gasteiger partial charge on any atom is -0.444 e. The van der Waals surface area contributed by atoms with E-state index in [1.165, 1.54) is 12.1 Å². The van der Waals surface area contributed by atoms with E-state index in [0.29, 0.717) is 5.69 Å². The average Bonchev–Trinajstić information content (AvgIpc) is 2.13. The average molecular weight is 210 g/mol. The van der Waals surface area contributed by atoms with Crippen molar-refractivity contribution in [3.63, 3.8) is 0 Å². The molecule has 0 spiro atoms. The van der Waals surface area contributed by atoms with Crippen LogP contribution in [0.3, 0.4) is 0 Å². The van der Waals surface area contributed by atoms with Crippen molar-refractivity contribution in [1.29, 1.82) is 0 Å². The van der Waals surface area contributed by atoms with Crippen LogP contribution in [0, 0.1) is 6.85 Å². The Morgan fingerprint density at radius 2 is 2.20 bits per heavy atom. The number of rotatable bonds is 1. The number of ether oxygens (including phenoxy) is 1. The zero-order valence-corrected chi connectivity index (χ0v) is 9.13. The highest BCUT2D eigenvalue weighted by Crippen LogP contribution is 2.12. The first kappa shape index (κ1) is 7.74. The van der Waals surface area contributed by atoms with Crippen molar-refractivity contribution in [2.24, 2.45) is 0 Å². The second-order valence-electron chi connectivity index (χ2n) is 4.21. The van der Waals surface area contributed by atoms with Crippen LogP contribution in [0.4, 0.5) is 10.5 Å². The molecule has 1 aromatic carbocycles. The van der Waals surface area contributed by atoms with Crippen LogP contribution < -0.4 is 5.32 Å². The maximum atomic E-state index is 11.5. The van der Waals surface area contributed by atoms with Crippen LogP contribution in [-0.4, -0.2) is 11.7 Å². The maximum absolute atomic E-state index is 11.5. The summed E-state index contributed by atoms with van der Waals surface area (Å²) in [7, 11) is 0. The number of carbonyl (C=O) groups is 1. The molecule has 0 aliphatic heterocycles. The molecule has 0 radical (unpaired) electrons. The fraction of sp³-hybridized carbons (Fsp3) is 0.417. The number of anilines is 1. The first-order valence-corrected chi connectivity index (χ1v) is 4.68. The Labute approximate surface area is 94.7 Å². The summed E-state index contributed by atoms with van der Waals surface area (Å²) in [5, 5.41) is 2.50. The number of amides is 1. The Kier molecular flexibility index (Phi) is 2.24. The van der Waals surface area contributed by atoms with Crippen molar-refractivity contribution in [2.45, 2.75) is 33.2 Å². The molecule has 0 bridgehead atoms. The van der Waals surface area contributed by atoms with E-state index in [0.717, 1.165) is 0 Å². The van der Waals surface area contributed by atoms with Crippen LogP contribution in [-0.2, 0) is 4.74 Å². The van der Waals surface area contributed by atoms with Crippen molar-refractivity contribution >= 4 is 11.8 Å². The summed E-state index contributed by atoms with van der Waals surface area (Å²) < 4.78 is 26.9. The molecule has 0 unspecified atom stereocenters. The van der Waals surface area contributed by atoms with Crippen LogP contribution in [0.1, 0.15) is 30.4 Å². The second-order valence-corrected chi connectivity index (χ2v) is 4.21. The summed E-state index contributed by atoms with van der Waals surface area (Å²) in [4.78, 5) is 11.5. The van der Waals surface area contributed by atoms with E-state index >= 15 is 0 Å². The number of benzene rings is 1. The van der Waals surface area contributed by atoms with Crippen LogP contribution >= 0.6 is 0 Å². The molecule has 3 heteroatoms. The van der Waals surface area contributed by atoms with Gasteiger partial charge in [0.15, 0.2) is 0 Å². The smallest absolute Gasteiger partial charge is 0.412 e. The van der Waals surface area contributed by atoms with Gasteiger partial charge >= 0.3 is 6.09 Å². The van der Waals surface area contributed by atoms with Crippen molar-refractivity contribution in [3.8, 4) is 0 Å². The lowest BCUT2D eigenvalue weighted by atomic mass is 10.2. The maximum Gasteiger partial charge on any atom is 0.412 e. The quantitative estimate of drug-likeness (QED) is 0.772. The van der Waals surface area contributed by atoms with Crippen molar-refractivity contribution in [3.05, 3.63) is 29.8 Å². The number of hydrogen-bond donors (Lipinski definition) is 1. The van der Waals surface area contributed by atoms with Gasteiger partial charge < -0.3 is 4.74 Å². The molecule has 0 aliphatic carbocycles. The van der Waals surface area contributed by atoms with Gasteiger partial charge in [0.25, 0.3) is 0 Å². The van der Waals surface area contributed by atoms with Gasteiger partial charge in [-0.25, -0.2) is 4.79 Å². The molecule has 1 aromatic rings. The first-order chi connectivity index (χ1) is 8.08. The number of hydrogen-bond acceptors (Lipinski definition) is 2. The molecule has 82 valence electrons. The van der Waals surface area contributed by atoms with E-state index in [2.05, 4.69) is 5.32 Å². The fourth-order valence-corrected chi connectivity index (χ4v) is 1.02.